The van der Waals surface area contributed by atoms with E-state index in [0.29, 0.717) is 38.6 Å². The minimum atomic E-state index is -1.29. The molecule has 3 atom stereocenters. The van der Waals surface area contributed by atoms with E-state index in [1.807, 2.05) is 24.3 Å². The quantitative estimate of drug-likeness (QED) is 0.0518. The largest absolute Gasteiger partial charge is 0.481 e. The molecule has 1 aromatic carbocycles. The Kier molecular flexibility index (Phi) is 21.9. The fourth-order valence-corrected chi connectivity index (χ4v) is 6.24. The number of aromatic nitrogens is 1. The monoisotopic (exact) mass is 756 g/mol. The lowest BCUT2D eigenvalue weighted by molar-refractivity contribution is -0.142. The molecule has 0 unspecified atom stereocenters. The van der Waals surface area contributed by atoms with Crippen molar-refractivity contribution in [1.29, 1.82) is 0 Å². The number of carbonyl (C=O) groups excluding carboxylic acids is 5. The number of carbonyl (C=O) groups is 7. The van der Waals surface area contributed by atoms with Crippen LogP contribution in [0.1, 0.15) is 121 Å². The van der Waals surface area contributed by atoms with Gasteiger partial charge in [0, 0.05) is 68.2 Å². The fourth-order valence-electron chi connectivity index (χ4n) is 6.24. The number of hydrogen-bond donors (Lipinski definition) is 8. The Morgan fingerprint density at radius 2 is 1.35 bits per heavy atom. The van der Waals surface area contributed by atoms with Gasteiger partial charge in [0.2, 0.25) is 23.6 Å². The minimum Gasteiger partial charge on any atom is -0.481 e. The zero-order valence-corrected chi connectivity index (χ0v) is 31.4. The van der Waals surface area contributed by atoms with Crippen molar-refractivity contribution in [2.75, 3.05) is 13.1 Å². The van der Waals surface area contributed by atoms with E-state index >= 15 is 0 Å². The molecule has 4 amide bonds. The highest BCUT2D eigenvalue weighted by Crippen LogP contribution is 2.23. The molecule has 10 N–H and O–H groups in total. The van der Waals surface area contributed by atoms with Crippen molar-refractivity contribution in [2.24, 2.45) is 17.4 Å². The molecule has 0 saturated carbocycles. The van der Waals surface area contributed by atoms with Gasteiger partial charge in [-0.25, -0.2) is 4.79 Å². The van der Waals surface area contributed by atoms with Crippen LogP contribution in [-0.2, 0) is 40.0 Å². The summed E-state index contributed by atoms with van der Waals surface area (Å²) in [5, 5.41) is 27.3. The number of H-pyrrole nitrogens is 1. The van der Waals surface area contributed by atoms with Gasteiger partial charge in [-0.2, -0.15) is 0 Å². The number of carboxylic acids is 2. The van der Waals surface area contributed by atoms with Crippen molar-refractivity contribution in [3.8, 4) is 0 Å². The number of para-hydroxylation sites is 1. The van der Waals surface area contributed by atoms with Gasteiger partial charge in [-0.3, -0.25) is 28.8 Å². The van der Waals surface area contributed by atoms with Crippen LogP contribution in [0.4, 0.5) is 0 Å². The van der Waals surface area contributed by atoms with Gasteiger partial charge in [0.1, 0.15) is 11.8 Å². The molecule has 0 radical (unpaired) electrons. The minimum absolute atomic E-state index is 0.000701. The predicted octanol–water partition coefficient (Wildman–Crippen LogP) is 3.62. The molecule has 0 spiro atoms. The number of amides is 4. The average molecular weight is 757 g/mol. The fraction of sp³-hybridized carbons (Fsp3) is 0.615. The molecule has 54 heavy (non-hydrogen) atoms. The number of carboxylic acid groups (broad SMARTS) is 2. The number of nitrogens with one attached hydrogen (secondary N) is 4. The second kappa shape index (κ2) is 26.1. The molecular formula is C39H60N6O9. The maximum atomic E-state index is 13.4. The Morgan fingerprint density at radius 3 is 2.02 bits per heavy atom. The molecule has 0 aliphatic carbocycles. The van der Waals surface area contributed by atoms with Crippen LogP contribution in [0.5, 0.6) is 0 Å². The van der Waals surface area contributed by atoms with Crippen LogP contribution in [-0.4, -0.2) is 81.7 Å². The number of Topliss-reactive ketones (excluding diaryl/α,β-unsaturated/α-hetero) is 1. The molecule has 2 aromatic rings. The number of primary amides is 1. The van der Waals surface area contributed by atoms with E-state index in [1.54, 1.807) is 6.20 Å². The first-order chi connectivity index (χ1) is 25.9. The number of unbranched alkanes of at least 4 members (excludes halogenated alkanes) is 8. The van der Waals surface area contributed by atoms with Crippen molar-refractivity contribution in [3.05, 3.63) is 36.0 Å². The normalized spacial score (nSPS) is 12.8. The van der Waals surface area contributed by atoms with Crippen LogP contribution in [0.2, 0.25) is 0 Å². The number of rotatable bonds is 31. The smallest absolute Gasteiger partial charge is 0.326 e. The number of aromatic amines is 1. The molecule has 15 nitrogen and oxygen atoms in total. The molecule has 2 rings (SSSR count). The highest BCUT2D eigenvalue weighted by Gasteiger charge is 2.27. The zero-order chi connectivity index (χ0) is 39.7. The lowest BCUT2D eigenvalue weighted by atomic mass is 9.90. The number of hydrogen-bond acceptors (Lipinski definition) is 8. The molecule has 0 fully saturated rings. The van der Waals surface area contributed by atoms with E-state index in [4.69, 9.17) is 16.6 Å². The van der Waals surface area contributed by atoms with Gasteiger partial charge in [0.05, 0.1) is 6.04 Å². The summed E-state index contributed by atoms with van der Waals surface area (Å²) >= 11 is 0. The van der Waals surface area contributed by atoms with Gasteiger partial charge in [0.15, 0.2) is 0 Å². The summed E-state index contributed by atoms with van der Waals surface area (Å²) in [5.74, 6) is -4.71. The number of benzene rings is 1. The second-order valence-corrected chi connectivity index (χ2v) is 14.0. The van der Waals surface area contributed by atoms with Gasteiger partial charge in [-0.15, -0.1) is 0 Å². The maximum absolute atomic E-state index is 13.4. The maximum Gasteiger partial charge on any atom is 0.326 e. The Balaban J connectivity index is 1.78. The standard InChI is InChI=1S/C39H60N6O9/c40-30(15-11-12-22-42-35(48)18-8-6-4-2-1-3-5-7-17-34(41)47)33(46)25-27(24-28-26-44-31-16-10-9-14-29(28)31)38(52)43-23-21-32(39(53)54)45-36(49)19-13-20-37(50)51/h9-10,14,16,26-27,30,32,44H,1-8,11-13,15,17-25,40H2,(H2,41,47)(H,42,48)(H,43,52)(H,45,49)(H,50,51)(H,53,54)/t27-,30-,32+/m0/s1. The summed E-state index contributed by atoms with van der Waals surface area (Å²) in [6.07, 6.45) is 12.1. The SMILES string of the molecule is NC(=O)CCCCCCCCCCC(=O)NCCCC[C@H](N)C(=O)C[C@H](Cc1c[nH]c2ccccc12)C(=O)NCC[C@@H](NC(=O)CCCC(=O)O)C(=O)O. The Bertz CT molecular complexity index is 1510. The van der Waals surface area contributed by atoms with Gasteiger partial charge < -0.3 is 42.6 Å². The molecular weight excluding hydrogens is 696 g/mol. The zero-order valence-electron chi connectivity index (χ0n) is 31.4. The van der Waals surface area contributed by atoms with Crippen LogP contribution in [0.3, 0.4) is 0 Å². The molecule has 0 bridgehead atoms. The van der Waals surface area contributed by atoms with E-state index in [0.717, 1.165) is 67.8 Å². The van der Waals surface area contributed by atoms with Gasteiger partial charge in [-0.05, 0) is 63.0 Å². The number of fused-ring (bicyclic) bond motifs is 1. The van der Waals surface area contributed by atoms with Crippen molar-refractivity contribution < 1.29 is 43.8 Å². The molecule has 0 aliphatic rings. The van der Waals surface area contributed by atoms with Crippen LogP contribution >= 0.6 is 0 Å². The number of aliphatic carboxylic acids is 2. The number of nitrogens with two attached hydrogens (primary N) is 2. The first kappa shape index (κ1) is 45.4. The number of ketones is 1. The molecule has 15 heteroatoms. The van der Waals surface area contributed by atoms with E-state index in [1.165, 1.54) is 0 Å². The third-order valence-corrected chi connectivity index (χ3v) is 9.37. The van der Waals surface area contributed by atoms with Crippen molar-refractivity contribution in [3.63, 3.8) is 0 Å². The summed E-state index contributed by atoms with van der Waals surface area (Å²) in [4.78, 5) is 87.4. The lowest BCUT2D eigenvalue weighted by Crippen LogP contribution is -2.44. The highest BCUT2D eigenvalue weighted by molar-refractivity contribution is 5.91. The molecule has 0 aliphatic heterocycles. The second-order valence-electron chi connectivity index (χ2n) is 14.0. The summed E-state index contributed by atoms with van der Waals surface area (Å²) in [7, 11) is 0. The predicted molar refractivity (Wildman–Crippen MR) is 204 cm³/mol. The van der Waals surface area contributed by atoms with Crippen molar-refractivity contribution in [1.82, 2.24) is 20.9 Å². The molecule has 1 aromatic heterocycles. The van der Waals surface area contributed by atoms with Crippen LogP contribution in [0, 0.1) is 5.92 Å². The van der Waals surface area contributed by atoms with Crippen molar-refractivity contribution >= 4 is 52.3 Å². The summed E-state index contributed by atoms with van der Waals surface area (Å²) in [6, 6.07) is 5.50. The van der Waals surface area contributed by atoms with E-state index in [2.05, 4.69) is 20.9 Å². The Hall–Kier alpha value is -4.79. The van der Waals surface area contributed by atoms with Crippen molar-refractivity contribution in [2.45, 2.75) is 134 Å². The Labute approximate surface area is 317 Å². The first-order valence-electron chi connectivity index (χ1n) is 19.3. The van der Waals surface area contributed by atoms with Gasteiger partial charge in [0.25, 0.3) is 0 Å². The van der Waals surface area contributed by atoms with E-state index < -0.39 is 41.8 Å². The average Bonchev–Trinajstić information content (AvgIpc) is 3.53. The van der Waals surface area contributed by atoms with Crippen LogP contribution in [0.15, 0.2) is 30.5 Å². The molecule has 1 heterocycles. The lowest BCUT2D eigenvalue weighted by Gasteiger charge is -2.20. The van der Waals surface area contributed by atoms with E-state index in [9.17, 15) is 38.7 Å². The third kappa shape index (κ3) is 19.3. The van der Waals surface area contributed by atoms with Crippen LogP contribution < -0.4 is 27.4 Å². The van der Waals surface area contributed by atoms with E-state index in [-0.39, 0.29) is 62.7 Å². The molecule has 0 saturated heterocycles. The summed E-state index contributed by atoms with van der Waals surface area (Å²) in [6.45, 7) is 0.402. The Morgan fingerprint density at radius 1 is 0.704 bits per heavy atom. The highest BCUT2D eigenvalue weighted by atomic mass is 16.4. The third-order valence-electron chi connectivity index (χ3n) is 9.37. The summed E-state index contributed by atoms with van der Waals surface area (Å²) in [5.41, 5.74) is 13.1. The van der Waals surface area contributed by atoms with Crippen LogP contribution in [0.25, 0.3) is 10.9 Å². The first-order valence-corrected chi connectivity index (χ1v) is 19.3. The van der Waals surface area contributed by atoms with Gasteiger partial charge >= 0.3 is 11.9 Å². The van der Waals surface area contributed by atoms with Gasteiger partial charge in [-0.1, -0.05) is 56.7 Å². The summed E-state index contributed by atoms with van der Waals surface area (Å²) < 4.78 is 0. The molecule has 300 valence electrons. The topological polar surface area (TPSA) is 264 Å².